The number of aromatic nitrogens is 4. The molecule has 0 atom stereocenters. The summed E-state index contributed by atoms with van der Waals surface area (Å²) >= 11 is 0. The van der Waals surface area contributed by atoms with Crippen LogP contribution in [0, 0.1) is 0 Å². The number of benzene rings is 2. The van der Waals surface area contributed by atoms with Gasteiger partial charge in [-0.25, -0.2) is 9.97 Å². The van der Waals surface area contributed by atoms with Crippen LogP contribution < -0.4 is 17.6 Å². The Bertz CT molecular complexity index is 2220. The van der Waals surface area contributed by atoms with Crippen LogP contribution in [-0.2, 0) is 38.7 Å². The van der Waals surface area contributed by atoms with Gasteiger partial charge in [-0.2, -0.15) is 0 Å². The largest absolute Gasteiger partial charge is 4.00 e. The Kier molecular flexibility index (Phi) is 23.6. The third-order valence-electron chi connectivity index (χ3n) is 5.12. The van der Waals surface area contributed by atoms with E-state index < -0.39 is 15.6 Å². The fraction of sp³-hybridized carbons (Fsp3) is 0.222. The second-order valence-electron chi connectivity index (χ2n) is 12.5. The van der Waals surface area contributed by atoms with E-state index in [0.29, 0.717) is 0 Å². The van der Waals surface area contributed by atoms with Gasteiger partial charge in [-0.05, 0) is 91.8 Å². The minimum absolute atomic E-state index is 0. The average molecular weight is 1030 g/mol. The molecule has 62 heavy (non-hydrogen) atoms. The molecule has 4 aromatic heterocycles. The number of pyridine rings is 4. The van der Waals surface area contributed by atoms with E-state index in [1.807, 2.05) is 36.4 Å². The molecule has 0 bridgehead atoms. The Morgan fingerprint density at radius 3 is 0.823 bits per heavy atom. The zero-order valence-electron chi connectivity index (χ0n) is 34.2. The minimum atomic E-state index is -10.7. The number of hydrogen-bond donors (Lipinski definition) is 3. The molecule has 0 amide bonds. The summed E-state index contributed by atoms with van der Waals surface area (Å²) in [7, 11) is -21.3. The van der Waals surface area contributed by atoms with E-state index in [0.717, 1.165) is 55.2 Å². The van der Waals surface area contributed by atoms with Crippen LogP contribution in [0.4, 0.5) is 62.0 Å². The summed E-state index contributed by atoms with van der Waals surface area (Å²) in [6.45, 7) is 12.2. The number of rotatable bonds is 2. The van der Waals surface area contributed by atoms with Gasteiger partial charge in [0.15, 0.2) is 0 Å². The van der Waals surface area contributed by atoms with Crippen LogP contribution in [0.2, 0.25) is 0 Å². The summed E-state index contributed by atoms with van der Waals surface area (Å²) in [6.07, 6.45) is 3.60. The van der Waals surface area contributed by atoms with Crippen LogP contribution in [0.25, 0.3) is 43.6 Å². The van der Waals surface area contributed by atoms with Gasteiger partial charge in [0.2, 0.25) is 0 Å². The summed E-state index contributed by atoms with van der Waals surface area (Å²) in [6, 6.07) is 24.3. The standard InChI is InChI=1S/C24H15N5.4C3H6O.2F6P.2H3N.Ru/c1-3-15-5-7-17-9-11-19(28-23(17)21(15)25-13-1)27-20-12-10-18-8-6-16-4-2-14-26-22(16)24(18)29-20;4*1-3(2)4;2*1-7(2,3,4,5)6;;;/h1-14H,(H,27,28,29);4*1-2H3;;;2*1H3;/q;;;;;2*-1;;;+4. The molecule has 0 unspecified atom stereocenters. The summed E-state index contributed by atoms with van der Waals surface area (Å²) in [4.78, 5) is 56.4. The van der Waals surface area contributed by atoms with E-state index in [1.165, 1.54) is 55.4 Å². The van der Waals surface area contributed by atoms with Gasteiger partial charge in [0, 0.05) is 33.9 Å². The van der Waals surface area contributed by atoms with Crippen molar-refractivity contribution >= 4 is 94.0 Å². The zero-order chi connectivity index (χ0) is 46.3. The molecular weight excluding hydrogens is 985 g/mol. The SMILES string of the molecule is CC(C)=O.CC(C)=O.CC(C)=O.CC(C)=O.F[P-](F)(F)(F)(F)F.F[P-](F)(F)(F)(F)F.N.N.[Ru+4].c1cnc2c(c1)ccc1ccc(Nc3ccc4ccc5cccnc5c4n3)nc12. The minimum Gasteiger partial charge on any atom is -0.344 e. The number of nitrogens with one attached hydrogen (secondary N) is 1. The molecule has 7 N–H and O–H groups in total. The Labute approximate surface area is 360 Å². The summed E-state index contributed by atoms with van der Waals surface area (Å²) in [5, 5.41) is 7.61. The summed E-state index contributed by atoms with van der Waals surface area (Å²) in [5.41, 5.74) is 3.55. The normalized spacial score (nSPS) is 12.3. The predicted octanol–water partition coefficient (Wildman–Crippen LogP) is 15.1. The first-order chi connectivity index (χ1) is 26.2. The first kappa shape index (κ1) is 63.8. The number of carbonyl (C=O) groups is 4. The maximum Gasteiger partial charge on any atom is 4.00 e. The first-order valence-corrected chi connectivity index (χ1v) is 20.3. The quantitative estimate of drug-likeness (QED) is 0.0644. The van der Waals surface area contributed by atoms with Gasteiger partial charge < -0.3 is 36.8 Å². The van der Waals surface area contributed by atoms with Crippen molar-refractivity contribution in [2.24, 2.45) is 0 Å². The van der Waals surface area contributed by atoms with E-state index in [1.54, 1.807) is 12.4 Å². The number of halogens is 12. The van der Waals surface area contributed by atoms with Crippen molar-refractivity contribution in [1.29, 1.82) is 0 Å². The van der Waals surface area contributed by atoms with E-state index in [-0.39, 0.29) is 54.9 Å². The molecule has 11 nitrogen and oxygen atoms in total. The smallest absolute Gasteiger partial charge is 0.344 e. The molecule has 0 aliphatic heterocycles. The fourth-order valence-corrected chi connectivity index (χ4v) is 3.72. The second kappa shape index (κ2) is 23.0. The van der Waals surface area contributed by atoms with Crippen LogP contribution in [0.3, 0.4) is 0 Å². The average Bonchev–Trinajstić information content (AvgIpc) is 3.01. The molecule has 348 valence electrons. The van der Waals surface area contributed by atoms with Gasteiger partial charge >= 0.3 is 85.5 Å². The number of nitrogens with zero attached hydrogens (tertiary/aromatic N) is 4. The van der Waals surface area contributed by atoms with Gasteiger partial charge in [0.05, 0.1) is 22.1 Å². The second-order valence-corrected chi connectivity index (χ2v) is 16.3. The molecule has 0 aliphatic rings. The Balaban J connectivity index is -0.000000422. The Hall–Kier alpha value is -4.88. The van der Waals surface area contributed by atoms with Crippen molar-refractivity contribution in [2.75, 3.05) is 5.32 Å². The van der Waals surface area contributed by atoms with Gasteiger partial charge in [-0.15, -0.1) is 0 Å². The number of anilines is 2. The topological polar surface area (TPSA) is 202 Å². The molecule has 4 heterocycles. The molecule has 0 spiro atoms. The van der Waals surface area contributed by atoms with Crippen molar-refractivity contribution in [3.63, 3.8) is 0 Å². The van der Waals surface area contributed by atoms with Crippen LogP contribution in [0.1, 0.15) is 55.4 Å². The molecular formula is C36H45F12N7O4P2Ru+2. The van der Waals surface area contributed by atoms with Crippen molar-refractivity contribution in [3.8, 4) is 0 Å². The van der Waals surface area contributed by atoms with Crippen LogP contribution in [0.5, 0.6) is 0 Å². The molecule has 0 fully saturated rings. The Morgan fingerprint density at radius 2 is 0.597 bits per heavy atom. The summed E-state index contributed by atoms with van der Waals surface area (Å²) in [5.74, 6) is 2.13. The van der Waals surface area contributed by atoms with E-state index in [9.17, 15) is 69.5 Å². The van der Waals surface area contributed by atoms with E-state index >= 15 is 0 Å². The molecule has 0 saturated carbocycles. The number of carbonyl (C=O) groups excluding carboxylic acids is 4. The third-order valence-corrected chi connectivity index (χ3v) is 5.12. The van der Waals surface area contributed by atoms with Crippen molar-refractivity contribution in [3.05, 3.63) is 85.2 Å². The number of fused-ring (bicyclic) bond motifs is 6. The van der Waals surface area contributed by atoms with Crippen molar-refractivity contribution in [2.45, 2.75) is 55.4 Å². The van der Waals surface area contributed by atoms with Crippen molar-refractivity contribution in [1.82, 2.24) is 32.2 Å². The van der Waals surface area contributed by atoms with Gasteiger partial charge in [-0.1, -0.05) is 36.4 Å². The Morgan fingerprint density at radius 1 is 0.403 bits per heavy atom. The van der Waals surface area contributed by atoms with Gasteiger partial charge in [0.25, 0.3) is 0 Å². The molecule has 0 radical (unpaired) electrons. The third kappa shape index (κ3) is 38.1. The van der Waals surface area contributed by atoms with E-state index in [2.05, 4.69) is 51.7 Å². The first-order valence-electron chi connectivity index (χ1n) is 16.3. The van der Waals surface area contributed by atoms with Crippen LogP contribution in [0.15, 0.2) is 85.2 Å². The molecule has 2 aromatic carbocycles. The fourth-order valence-electron chi connectivity index (χ4n) is 3.72. The van der Waals surface area contributed by atoms with Crippen molar-refractivity contribution < 1.29 is 89.0 Å². The maximum absolute atomic E-state index is 10.7. The van der Waals surface area contributed by atoms with Crippen LogP contribution in [-0.4, -0.2) is 43.1 Å². The molecule has 0 saturated heterocycles. The summed E-state index contributed by atoms with van der Waals surface area (Å²) < 4.78 is 118. The maximum atomic E-state index is 9.87. The predicted molar refractivity (Wildman–Crippen MR) is 220 cm³/mol. The van der Waals surface area contributed by atoms with E-state index in [4.69, 9.17) is 9.97 Å². The van der Waals surface area contributed by atoms with Gasteiger partial charge in [0.1, 0.15) is 34.8 Å². The monoisotopic (exact) mass is 1030 g/mol. The molecule has 6 rings (SSSR count). The molecule has 0 aliphatic carbocycles. The number of hydrogen-bond acceptors (Lipinski definition) is 11. The molecule has 26 heteroatoms. The van der Waals surface area contributed by atoms with Gasteiger partial charge in [-0.3, -0.25) is 9.97 Å². The number of ketones is 4. The molecule has 6 aromatic rings. The van der Waals surface area contributed by atoms with Crippen LogP contribution >= 0.6 is 15.6 Å². The number of Topliss-reactive ketones (excluding diaryl/α,β-unsaturated/α-hetero) is 4. The zero-order valence-corrected chi connectivity index (χ0v) is 37.7.